The summed E-state index contributed by atoms with van der Waals surface area (Å²) in [7, 11) is 0. The third-order valence-electron chi connectivity index (χ3n) is 4.31. The lowest BCUT2D eigenvalue weighted by atomic mass is 9.94. The molecule has 116 valence electrons. The summed E-state index contributed by atoms with van der Waals surface area (Å²) in [5.74, 6) is -1.58. The normalized spacial score (nSPS) is 16.4. The van der Waals surface area contributed by atoms with Crippen molar-refractivity contribution in [2.75, 3.05) is 13.1 Å². The molecular formula is C17H23F2NO. The monoisotopic (exact) mass is 295 g/mol. The molecule has 0 spiro atoms. The van der Waals surface area contributed by atoms with Gasteiger partial charge in [-0.2, -0.15) is 0 Å². The van der Waals surface area contributed by atoms with Crippen LogP contribution in [0, 0.1) is 11.6 Å². The minimum absolute atomic E-state index is 0.132. The van der Waals surface area contributed by atoms with E-state index in [9.17, 15) is 13.6 Å². The van der Waals surface area contributed by atoms with Crippen LogP contribution in [0.1, 0.15) is 55.8 Å². The van der Waals surface area contributed by atoms with Gasteiger partial charge in [0.2, 0.25) is 0 Å². The lowest BCUT2D eigenvalue weighted by molar-refractivity contribution is 0.0938. The van der Waals surface area contributed by atoms with Crippen LogP contribution in [0.15, 0.2) is 18.2 Å². The summed E-state index contributed by atoms with van der Waals surface area (Å²) in [5.41, 5.74) is 0.132. The molecular weight excluding hydrogens is 272 g/mol. The van der Waals surface area contributed by atoms with E-state index < -0.39 is 11.6 Å². The largest absolute Gasteiger partial charge is 0.300 e. The van der Waals surface area contributed by atoms with Crippen molar-refractivity contribution in [2.24, 2.45) is 0 Å². The van der Waals surface area contributed by atoms with E-state index in [2.05, 4.69) is 11.8 Å². The number of hydrogen-bond donors (Lipinski definition) is 0. The van der Waals surface area contributed by atoms with Gasteiger partial charge in [-0.1, -0.05) is 26.2 Å². The summed E-state index contributed by atoms with van der Waals surface area (Å²) in [5, 5.41) is 0. The van der Waals surface area contributed by atoms with Gasteiger partial charge in [-0.3, -0.25) is 4.79 Å². The Morgan fingerprint density at radius 2 is 1.76 bits per heavy atom. The van der Waals surface area contributed by atoms with Crippen LogP contribution in [0.25, 0.3) is 0 Å². The van der Waals surface area contributed by atoms with Crippen molar-refractivity contribution in [3.05, 3.63) is 35.4 Å². The Kier molecular flexibility index (Phi) is 5.85. The molecule has 1 fully saturated rings. The van der Waals surface area contributed by atoms with E-state index in [1.165, 1.54) is 32.1 Å². The van der Waals surface area contributed by atoms with E-state index in [0.29, 0.717) is 19.0 Å². The van der Waals surface area contributed by atoms with Crippen LogP contribution in [-0.2, 0) is 0 Å². The maximum absolute atomic E-state index is 13.1. The predicted molar refractivity (Wildman–Crippen MR) is 79.4 cm³/mol. The van der Waals surface area contributed by atoms with Gasteiger partial charge in [0, 0.05) is 30.6 Å². The molecule has 0 saturated heterocycles. The fourth-order valence-electron chi connectivity index (χ4n) is 3.15. The van der Waals surface area contributed by atoms with Gasteiger partial charge in [0.05, 0.1) is 0 Å². The molecule has 1 aliphatic carbocycles. The van der Waals surface area contributed by atoms with Gasteiger partial charge in [0.1, 0.15) is 11.6 Å². The van der Waals surface area contributed by atoms with E-state index in [1.807, 2.05) is 0 Å². The second-order valence-corrected chi connectivity index (χ2v) is 5.75. The van der Waals surface area contributed by atoms with Gasteiger partial charge in [-0.05, 0) is 31.5 Å². The molecule has 2 nitrogen and oxygen atoms in total. The van der Waals surface area contributed by atoms with E-state index in [0.717, 1.165) is 24.7 Å². The van der Waals surface area contributed by atoms with Crippen LogP contribution in [0.5, 0.6) is 0 Å². The first kappa shape index (κ1) is 16.1. The number of halogens is 2. The van der Waals surface area contributed by atoms with Gasteiger partial charge in [0.15, 0.2) is 5.78 Å². The summed E-state index contributed by atoms with van der Waals surface area (Å²) in [6.07, 6.45) is 6.50. The Morgan fingerprint density at radius 3 is 2.33 bits per heavy atom. The molecule has 0 bridgehead atoms. The van der Waals surface area contributed by atoms with Gasteiger partial charge in [0.25, 0.3) is 0 Å². The number of carbonyl (C=O) groups excluding carboxylic acids is 1. The molecule has 0 unspecified atom stereocenters. The summed E-state index contributed by atoms with van der Waals surface area (Å²) in [6, 6.07) is 3.57. The zero-order valence-corrected chi connectivity index (χ0v) is 12.6. The van der Waals surface area contributed by atoms with Crippen LogP contribution < -0.4 is 0 Å². The Hall–Kier alpha value is -1.29. The van der Waals surface area contributed by atoms with Crippen molar-refractivity contribution in [1.82, 2.24) is 4.90 Å². The highest BCUT2D eigenvalue weighted by Crippen LogP contribution is 2.22. The van der Waals surface area contributed by atoms with Crippen molar-refractivity contribution in [1.29, 1.82) is 0 Å². The third-order valence-corrected chi connectivity index (χ3v) is 4.31. The molecule has 0 amide bonds. The van der Waals surface area contributed by atoms with Crippen molar-refractivity contribution in [2.45, 2.75) is 51.5 Å². The Morgan fingerprint density at radius 1 is 1.14 bits per heavy atom. The smallest absolute Gasteiger partial charge is 0.164 e. The summed E-state index contributed by atoms with van der Waals surface area (Å²) in [4.78, 5) is 14.4. The zero-order chi connectivity index (χ0) is 15.2. The highest BCUT2D eigenvalue weighted by atomic mass is 19.1. The van der Waals surface area contributed by atoms with Gasteiger partial charge < -0.3 is 4.90 Å². The first-order chi connectivity index (χ1) is 10.1. The average Bonchev–Trinajstić information content (AvgIpc) is 2.47. The average molecular weight is 295 g/mol. The Bertz CT molecular complexity index is 463. The van der Waals surface area contributed by atoms with E-state index >= 15 is 0 Å². The number of ketones is 1. The van der Waals surface area contributed by atoms with E-state index in [1.54, 1.807) is 0 Å². The highest BCUT2D eigenvalue weighted by Gasteiger charge is 2.20. The van der Waals surface area contributed by atoms with Crippen LogP contribution in [0.2, 0.25) is 0 Å². The summed E-state index contributed by atoms with van der Waals surface area (Å²) < 4.78 is 26.3. The molecule has 0 aromatic heterocycles. The maximum Gasteiger partial charge on any atom is 0.164 e. The maximum atomic E-state index is 13.1. The quantitative estimate of drug-likeness (QED) is 0.733. The standard InChI is InChI=1S/C17H23F2NO/c1-2-20(16-6-4-3-5-7-16)9-8-17(21)13-10-14(18)12-15(19)11-13/h10-12,16H,2-9H2,1H3. The van der Waals surface area contributed by atoms with Gasteiger partial charge in [-0.15, -0.1) is 0 Å². The number of rotatable bonds is 6. The molecule has 0 radical (unpaired) electrons. The van der Waals surface area contributed by atoms with Gasteiger partial charge in [-0.25, -0.2) is 8.78 Å². The molecule has 1 saturated carbocycles. The Balaban J connectivity index is 1.92. The molecule has 0 heterocycles. The van der Waals surface area contributed by atoms with Crippen LogP contribution in [0.3, 0.4) is 0 Å². The minimum Gasteiger partial charge on any atom is -0.300 e. The number of carbonyl (C=O) groups is 1. The Labute approximate surface area is 125 Å². The SMILES string of the molecule is CCN(CCC(=O)c1cc(F)cc(F)c1)C1CCCCC1. The molecule has 1 aliphatic rings. The second-order valence-electron chi connectivity index (χ2n) is 5.75. The number of Topliss-reactive ketones (excluding diaryl/α,β-unsaturated/α-hetero) is 1. The van der Waals surface area contributed by atoms with Crippen molar-refractivity contribution in [3.8, 4) is 0 Å². The first-order valence-corrected chi connectivity index (χ1v) is 7.83. The number of nitrogens with zero attached hydrogens (tertiary/aromatic N) is 1. The molecule has 1 aromatic carbocycles. The fourth-order valence-corrected chi connectivity index (χ4v) is 3.15. The van der Waals surface area contributed by atoms with E-state index in [-0.39, 0.29) is 11.3 Å². The van der Waals surface area contributed by atoms with E-state index in [4.69, 9.17) is 0 Å². The van der Waals surface area contributed by atoms with Crippen LogP contribution in [0.4, 0.5) is 8.78 Å². The lowest BCUT2D eigenvalue weighted by Gasteiger charge is -2.33. The second kappa shape index (κ2) is 7.64. The lowest BCUT2D eigenvalue weighted by Crippen LogP contribution is -2.38. The van der Waals surface area contributed by atoms with Crippen molar-refractivity contribution >= 4 is 5.78 Å². The molecule has 0 atom stereocenters. The molecule has 0 aliphatic heterocycles. The minimum atomic E-state index is -0.696. The summed E-state index contributed by atoms with van der Waals surface area (Å²) in [6.45, 7) is 3.68. The van der Waals surface area contributed by atoms with Crippen LogP contribution in [-0.4, -0.2) is 29.8 Å². The topological polar surface area (TPSA) is 20.3 Å². The molecule has 2 rings (SSSR count). The predicted octanol–water partition coefficient (Wildman–Crippen LogP) is 4.19. The number of benzene rings is 1. The zero-order valence-electron chi connectivity index (χ0n) is 12.6. The van der Waals surface area contributed by atoms with Crippen LogP contribution >= 0.6 is 0 Å². The van der Waals surface area contributed by atoms with Crippen molar-refractivity contribution < 1.29 is 13.6 Å². The summed E-state index contributed by atoms with van der Waals surface area (Å²) >= 11 is 0. The fraction of sp³-hybridized carbons (Fsp3) is 0.588. The number of hydrogen-bond acceptors (Lipinski definition) is 2. The molecule has 0 N–H and O–H groups in total. The highest BCUT2D eigenvalue weighted by molar-refractivity contribution is 5.96. The molecule has 1 aromatic rings. The van der Waals surface area contributed by atoms with Crippen molar-refractivity contribution in [3.63, 3.8) is 0 Å². The molecule has 21 heavy (non-hydrogen) atoms. The first-order valence-electron chi connectivity index (χ1n) is 7.83. The van der Waals surface area contributed by atoms with Gasteiger partial charge >= 0.3 is 0 Å². The third kappa shape index (κ3) is 4.60. The molecule has 4 heteroatoms.